The van der Waals surface area contributed by atoms with Crippen molar-refractivity contribution in [1.82, 2.24) is 0 Å². The van der Waals surface area contributed by atoms with E-state index in [-0.39, 0.29) is 31.1 Å². The fourth-order valence-electron chi connectivity index (χ4n) is 7.76. The highest BCUT2D eigenvalue weighted by molar-refractivity contribution is 5.71. The summed E-state index contributed by atoms with van der Waals surface area (Å²) in [5.74, 6) is -0.896. The van der Waals surface area contributed by atoms with Crippen molar-refractivity contribution in [3.8, 4) is 0 Å². The topological polar surface area (TPSA) is 78.9 Å². The number of allylic oxidation sites excluding steroid dienone is 12. The molecular formula is C60H104O6. The molecule has 0 aliphatic heterocycles. The fourth-order valence-corrected chi connectivity index (χ4v) is 7.76. The molecule has 0 fully saturated rings. The minimum atomic E-state index is -0.779. The summed E-state index contributed by atoms with van der Waals surface area (Å²) in [6.07, 6.45) is 69.1. The highest BCUT2D eigenvalue weighted by Crippen LogP contribution is 2.15. The Hall–Kier alpha value is -3.15. The smallest absolute Gasteiger partial charge is 0.306 e. The Labute approximate surface area is 408 Å². The van der Waals surface area contributed by atoms with Gasteiger partial charge in [0.15, 0.2) is 6.10 Å². The van der Waals surface area contributed by atoms with Crippen LogP contribution in [0.25, 0.3) is 0 Å². The number of ether oxygens (including phenoxy) is 3. The van der Waals surface area contributed by atoms with Gasteiger partial charge in [-0.15, -0.1) is 0 Å². The van der Waals surface area contributed by atoms with E-state index in [1.807, 2.05) is 0 Å². The molecular weight excluding hydrogens is 817 g/mol. The Morgan fingerprint density at radius 3 is 0.939 bits per heavy atom. The number of esters is 3. The molecule has 1 atom stereocenters. The summed E-state index contributed by atoms with van der Waals surface area (Å²) in [4.78, 5) is 37.9. The van der Waals surface area contributed by atoms with Crippen LogP contribution in [0.15, 0.2) is 72.9 Å². The van der Waals surface area contributed by atoms with Crippen LogP contribution in [0, 0.1) is 0 Å². The van der Waals surface area contributed by atoms with Crippen molar-refractivity contribution in [3.05, 3.63) is 72.9 Å². The van der Waals surface area contributed by atoms with Gasteiger partial charge >= 0.3 is 17.9 Å². The zero-order valence-electron chi connectivity index (χ0n) is 43.4. The van der Waals surface area contributed by atoms with Crippen LogP contribution in [0.3, 0.4) is 0 Å². The molecule has 0 radical (unpaired) electrons. The van der Waals surface area contributed by atoms with Gasteiger partial charge in [-0.25, -0.2) is 0 Å². The van der Waals surface area contributed by atoms with Crippen LogP contribution in [0.5, 0.6) is 0 Å². The van der Waals surface area contributed by atoms with Gasteiger partial charge in [0.25, 0.3) is 0 Å². The van der Waals surface area contributed by atoms with Crippen LogP contribution < -0.4 is 0 Å². The lowest BCUT2D eigenvalue weighted by atomic mass is 10.1. The molecule has 0 rings (SSSR count). The Morgan fingerprint density at radius 1 is 0.318 bits per heavy atom. The first-order chi connectivity index (χ1) is 32.5. The first-order valence-electron chi connectivity index (χ1n) is 27.9. The van der Waals surface area contributed by atoms with Gasteiger partial charge in [0.1, 0.15) is 13.2 Å². The van der Waals surface area contributed by atoms with Crippen molar-refractivity contribution in [2.24, 2.45) is 0 Å². The van der Waals surface area contributed by atoms with Crippen LogP contribution in [-0.4, -0.2) is 37.2 Å². The number of carbonyl (C=O) groups excluding carboxylic acids is 3. The maximum Gasteiger partial charge on any atom is 0.306 e. The Bertz CT molecular complexity index is 1240. The summed E-state index contributed by atoms with van der Waals surface area (Å²) in [6.45, 7) is 6.48. The zero-order valence-corrected chi connectivity index (χ0v) is 43.4. The molecule has 0 saturated carbocycles. The number of hydrogen-bond acceptors (Lipinski definition) is 6. The van der Waals surface area contributed by atoms with Crippen LogP contribution in [0.2, 0.25) is 0 Å². The lowest BCUT2D eigenvalue weighted by Crippen LogP contribution is -2.30. The van der Waals surface area contributed by atoms with Gasteiger partial charge in [0, 0.05) is 19.3 Å². The molecule has 0 N–H and O–H groups in total. The van der Waals surface area contributed by atoms with Crippen molar-refractivity contribution in [3.63, 3.8) is 0 Å². The molecule has 66 heavy (non-hydrogen) atoms. The Balaban J connectivity index is 4.23. The van der Waals surface area contributed by atoms with Crippen molar-refractivity contribution >= 4 is 17.9 Å². The highest BCUT2D eigenvalue weighted by atomic mass is 16.6. The van der Waals surface area contributed by atoms with Crippen LogP contribution in [0.1, 0.15) is 271 Å². The molecule has 0 bridgehead atoms. The molecule has 0 aliphatic rings. The standard InChI is InChI=1S/C60H104O6/c1-4-7-10-13-16-18-20-22-24-26-28-29-30-31-32-34-35-37-39-41-44-47-50-53-59(62)65-56-57(55-64-58(61)52-49-46-43-15-12-9-6-3)66-60(63)54-51-48-45-42-40-38-36-33-27-25-23-21-19-17-14-11-8-5-2/h7,10,16,18,22,24-25,27-29,31-32,57H,4-6,8-9,11-15,17,19-21,23,26,30,33-56H2,1-3H3/b10-7-,18-16-,24-22-,27-25-,29-28-,32-31-. The summed E-state index contributed by atoms with van der Waals surface area (Å²) >= 11 is 0. The second-order valence-corrected chi connectivity index (χ2v) is 18.5. The van der Waals surface area contributed by atoms with Crippen LogP contribution >= 0.6 is 0 Å². The SMILES string of the molecule is CC/C=C\C/C=C\C/C=C\C/C=C\C/C=C\CCCCCCCCCC(=O)OCC(COC(=O)CCCCCCCCC)OC(=O)CCCCCCCCC/C=C\CCCCCCCCC. The van der Waals surface area contributed by atoms with Gasteiger partial charge in [-0.1, -0.05) is 235 Å². The van der Waals surface area contributed by atoms with Gasteiger partial charge in [-0.2, -0.15) is 0 Å². The van der Waals surface area contributed by atoms with Gasteiger partial charge in [-0.05, 0) is 89.9 Å². The van der Waals surface area contributed by atoms with Gasteiger partial charge in [0.2, 0.25) is 0 Å². The summed E-state index contributed by atoms with van der Waals surface area (Å²) < 4.78 is 16.8. The third-order valence-corrected chi connectivity index (χ3v) is 11.9. The summed E-state index contributed by atoms with van der Waals surface area (Å²) in [5.41, 5.74) is 0. The van der Waals surface area contributed by atoms with E-state index in [0.29, 0.717) is 19.3 Å². The fraction of sp³-hybridized carbons (Fsp3) is 0.750. The monoisotopic (exact) mass is 921 g/mol. The van der Waals surface area contributed by atoms with E-state index in [1.165, 1.54) is 135 Å². The van der Waals surface area contributed by atoms with Crippen LogP contribution in [0.4, 0.5) is 0 Å². The number of carbonyl (C=O) groups is 3. The molecule has 380 valence electrons. The van der Waals surface area contributed by atoms with Crippen molar-refractivity contribution in [1.29, 1.82) is 0 Å². The number of hydrogen-bond donors (Lipinski definition) is 0. The average molecular weight is 921 g/mol. The molecule has 0 aromatic rings. The van der Waals surface area contributed by atoms with Crippen molar-refractivity contribution in [2.45, 2.75) is 277 Å². The Morgan fingerprint density at radius 2 is 0.591 bits per heavy atom. The average Bonchev–Trinajstić information content (AvgIpc) is 3.31. The van der Waals surface area contributed by atoms with Gasteiger partial charge in [0.05, 0.1) is 0 Å². The molecule has 6 heteroatoms. The second-order valence-electron chi connectivity index (χ2n) is 18.5. The first-order valence-corrected chi connectivity index (χ1v) is 27.9. The minimum absolute atomic E-state index is 0.0796. The predicted molar refractivity (Wildman–Crippen MR) is 284 cm³/mol. The third-order valence-electron chi connectivity index (χ3n) is 11.9. The summed E-state index contributed by atoms with van der Waals surface area (Å²) in [6, 6.07) is 0. The second kappa shape index (κ2) is 54.5. The zero-order chi connectivity index (χ0) is 47.9. The molecule has 0 aliphatic carbocycles. The summed E-state index contributed by atoms with van der Waals surface area (Å²) in [5, 5.41) is 0. The maximum atomic E-state index is 12.8. The van der Waals surface area contributed by atoms with E-state index < -0.39 is 6.10 Å². The molecule has 0 aromatic heterocycles. The minimum Gasteiger partial charge on any atom is -0.462 e. The molecule has 0 aromatic carbocycles. The van der Waals surface area contributed by atoms with E-state index in [4.69, 9.17) is 14.2 Å². The Kier molecular flexibility index (Phi) is 51.9. The number of rotatable bonds is 50. The normalized spacial score (nSPS) is 12.6. The van der Waals surface area contributed by atoms with Crippen molar-refractivity contribution < 1.29 is 28.6 Å². The van der Waals surface area contributed by atoms with Gasteiger partial charge < -0.3 is 14.2 Å². The quantitative estimate of drug-likeness (QED) is 0.0262. The van der Waals surface area contributed by atoms with E-state index in [9.17, 15) is 14.4 Å². The van der Waals surface area contributed by atoms with E-state index in [0.717, 1.165) is 96.3 Å². The maximum absolute atomic E-state index is 12.8. The third kappa shape index (κ3) is 51.8. The lowest BCUT2D eigenvalue weighted by Gasteiger charge is -2.18. The molecule has 0 saturated heterocycles. The molecule has 0 heterocycles. The molecule has 1 unspecified atom stereocenters. The first kappa shape index (κ1) is 62.8. The lowest BCUT2D eigenvalue weighted by molar-refractivity contribution is -0.167. The van der Waals surface area contributed by atoms with E-state index in [1.54, 1.807) is 0 Å². The van der Waals surface area contributed by atoms with Gasteiger partial charge in [-0.3, -0.25) is 14.4 Å². The van der Waals surface area contributed by atoms with Crippen molar-refractivity contribution in [2.75, 3.05) is 13.2 Å². The summed E-state index contributed by atoms with van der Waals surface area (Å²) in [7, 11) is 0. The molecule has 0 amide bonds. The highest BCUT2D eigenvalue weighted by Gasteiger charge is 2.19. The predicted octanol–water partition coefficient (Wildman–Crippen LogP) is 18.6. The molecule has 6 nitrogen and oxygen atoms in total. The largest absolute Gasteiger partial charge is 0.462 e. The number of unbranched alkanes of at least 4 members (excludes halogenated alkanes) is 27. The van der Waals surface area contributed by atoms with E-state index in [2.05, 4.69) is 93.7 Å². The van der Waals surface area contributed by atoms with E-state index >= 15 is 0 Å². The van der Waals surface area contributed by atoms with Crippen LogP contribution in [-0.2, 0) is 28.6 Å². The molecule has 0 spiro atoms.